The summed E-state index contributed by atoms with van der Waals surface area (Å²) in [4.78, 5) is 38.7. The Hall–Kier alpha value is -5.17. The van der Waals surface area contributed by atoms with Crippen molar-refractivity contribution in [2.24, 2.45) is 0 Å². The molecule has 0 saturated heterocycles. The van der Waals surface area contributed by atoms with E-state index in [9.17, 15) is 14.4 Å². The number of nitrogens with one attached hydrogen (secondary N) is 1. The number of alkyl carbamates (subject to hydrolysis) is 1. The molecule has 1 aromatic heterocycles. The molecule has 200 valence electrons. The van der Waals surface area contributed by atoms with Crippen LogP contribution in [-0.4, -0.2) is 12.1 Å². The van der Waals surface area contributed by atoms with E-state index in [-0.39, 0.29) is 12.4 Å². The number of carbonyl (C=O) groups excluding carboxylic acids is 2. The van der Waals surface area contributed by atoms with Gasteiger partial charge >= 0.3 is 17.7 Å². The van der Waals surface area contributed by atoms with E-state index in [1.807, 2.05) is 67.6 Å². The Labute approximate surface area is 231 Å². The summed E-state index contributed by atoms with van der Waals surface area (Å²) < 4.78 is 16.6. The van der Waals surface area contributed by atoms with E-state index >= 15 is 0 Å². The highest BCUT2D eigenvalue weighted by Gasteiger charge is 2.26. The summed E-state index contributed by atoms with van der Waals surface area (Å²) in [6.45, 7) is 1.93. The van der Waals surface area contributed by atoms with E-state index in [2.05, 4.69) is 5.32 Å². The minimum atomic E-state index is -1.12. The number of amides is 1. The van der Waals surface area contributed by atoms with Gasteiger partial charge in [-0.2, -0.15) is 0 Å². The van der Waals surface area contributed by atoms with Crippen LogP contribution in [-0.2, 0) is 22.6 Å². The minimum Gasteiger partial charge on any atom is -0.445 e. The molecule has 0 spiro atoms. The Morgan fingerprint density at radius 3 is 2.12 bits per heavy atom. The third-order valence-electron chi connectivity index (χ3n) is 6.54. The molecule has 0 bridgehead atoms. The minimum absolute atomic E-state index is 0.0541. The first-order chi connectivity index (χ1) is 19.5. The summed E-state index contributed by atoms with van der Waals surface area (Å²) in [5, 5.41) is 3.34. The van der Waals surface area contributed by atoms with E-state index in [0.717, 1.165) is 22.1 Å². The molecule has 0 aliphatic rings. The number of rotatable bonds is 8. The van der Waals surface area contributed by atoms with Crippen molar-refractivity contribution in [2.75, 3.05) is 0 Å². The summed E-state index contributed by atoms with van der Waals surface area (Å²) in [5.41, 5.74) is 3.58. The molecular formula is C33H27NO6. The molecular weight excluding hydrogens is 506 g/mol. The largest absolute Gasteiger partial charge is 0.445 e. The lowest BCUT2D eigenvalue weighted by Gasteiger charge is -2.18. The summed E-state index contributed by atoms with van der Waals surface area (Å²) in [6, 6.07) is 31.4. The fraction of sp³-hybridized carbons (Fsp3) is 0.121. The first-order valence-electron chi connectivity index (χ1n) is 12.8. The lowest BCUT2D eigenvalue weighted by Crippen LogP contribution is -2.36. The number of carbonyl (C=O) groups is 2. The highest BCUT2D eigenvalue weighted by Crippen LogP contribution is 2.26. The molecule has 5 aromatic rings. The predicted octanol–water partition coefficient (Wildman–Crippen LogP) is 6.27. The SMILES string of the molecule is Cc1c(Cc2ccccc2)c(=O)oc2cc(OC(=O)C(NC(=O)OCc3ccccc3)c3ccccc3)ccc12. The summed E-state index contributed by atoms with van der Waals surface area (Å²) in [6.07, 6.45) is -0.312. The molecule has 7 heteroatoms. The van der Waals surface area contributed by atoms with Gasteiger partial charge in [-0.25, -0.2) is 14.4 Å². The van der Waals surface area contributed by atoms with Crippen LogP contribution in [0, 0.1) is 6.92 Å². The fourth-order valence-electron chi connectivity index (χ4n) is 4.42. The van der Waals surface area contributed by atoms with Gasteiger partial charge in [-0.3, -0.25) is 0 Å². The van der Waals surface area contributed by atoms with Crippen molar-refractivity contribution < 1.29 is 23.5 Å². The van der Waals surface area contributed by atoms with Crippen molar-refractivity contribution >= 4 is 23.0 Å². The van der Waals surface area contributed by atoms with Crippen LogP contribution >= 0.6 is 0 Å². The van der Waals surface area contributed by atoms with E-state index < -0.39 is 23.7 Å². The van der Waals surface area contributed by atoms with Crippen LogP contribution in [0.25, 0.3) is 11.0 Å². The molecule has 1 unspecified atom stereocenters. The molecule has 0 aliphatic heterocycles. The second-order valence-corrected chi connectivity index (χ2v) is 9.28. The third-order valence-corrected chi connectivity index (χ3v) is 6.54. The van der Waals surface area contributed by atoms with Crippen molar-refractivity contribution in [2.45, 2.75) is 26.0 Å². The second-order valence-electron chi connectivity index (χ2n) is 9.28. The van der Waals surface area contributed by atoms with E-state index in [1.165, 1.54) is 6.07 Å². The molecule has 1 heterocycles. The Bertz CT molecular complexity index is 1680. The zero-order valence-corrected chi connectivity index (χ0v) is 21.8. The molecule has 40 heavy (non-hydrogen) atoms. The molecule has 5 rings (SSSR count). The van der Waals surface area contributed by atoms with Crippen LogP contribution in [0.2, 0.25) is 0 Å². The van der Waals surface area contributed by atoms with Crippen LogP contribution in [0.15, 0.2) is 118 Å². The van der Waals surface area contributed by atoms with Crippen molar-refractivity contribution in [3.63, 3.8) is 0 Å². The van der Waals surface area contributed by atoms with E-state index in [0.29, 0.717) is 23.1 Å². The van der Waals surface area contributed by atoms with Crippen molar-refractivity contribution in [3.05, 3.63) is 147 Å². The molecule has 0 radical (unpaired) electrons. The standard InChI is InChI=1S/C33H27NO6/c1-22-27-18-17-26(20-29(27)40-31(35)28(22)19-23-11-5-2-6-12-23)39-32(36)30(25-15-9-4-10-16-25)34-33(37)38-21-24-13-7-3-8-14-24/h2-18,20,30H,19,21H2,1H3,(H,34,37). The number of hydrogen-bond acceptors (Lipinski definition) is 6. The van der Waals surface area contributed by atoms with Gasteiger partial charge in [0.2, 0.25) is 0 Å². The number of fused-ring (bicyclic) bond motifs is 1. The Morgan fingerprint density at radius 2 is 1.45 bits per heavy atom. The molecule has 1 atom stereocenters. The zero-order valence-electron chi connectivity index (χ0n) is 21.8. The van der Waals surface area contributed by atoms with Crippen LogP contribution in [0.1, 0.15) is 33.9 Å². The van der Waals surface area contributed by atoms with Gasteiger partial charge in [-0.15, -0.1) is 0 Å². The lowest BCUT2D eigenvalue weighted by atomic mass is 10.00. The van der Waals surface area contributed by atoms with Crippen molar-refractivity contribution in [3.8, 4) is 5.75 Å². The van der Waals surface area contributed by atoms with Crippen LogP contribution < -0.4 is 15.7 Å². The summed E-state index contributed by atoms with van der Waals surface area (Å²) in [7, 11) is 0. The third kappa shape index (κ3) is 6.27. The molecule has 0 saturated carbocycles. The predicted molar refractivity (Wildman–Crippen MR) is 151 cm³/mol. The van der Waals surface area contributed by atoms with E-state index in [1.54, 1.807) is 42.5 Å². The number of benzene rings is 4. The average Bonchev–Trinajstić information content (AvgIpc) is 2.98. The topological polar surface area (TPSA) is 94.8 Å². The van der Waals surface area contributed by atoms with Gasteiger partial charge in [-0.05, 0) is 41.3 Å². The normalized spacial score (nSPS) is 11.5. The van der Waals surface area contributed by atoms with Crippen molar-refractivity contribution in [1.82, 2.24) is 5.32 Å². The highest BCUT2D eigenvalue weighted by atomic mass is 16.6. The maximum Gasteiger partial charge on any atom is 0.408 e. The molecule has 4 aromatic carbocycles. The lowest BCUT2D eigenvalue weighted by molar-refractivity contribution is -0.136. The number of ether oxygens (including phenoxy) is 2. The maximum absolute atomic E-state index is 13.3. The smallest absolute Gasteiger partial charge is 0.408 e. The fourth-order valence-corrected chi connectivity index (χ4v) is 4.42. The average molecular weight is 534 g/mol. The van der Waals surface area contributed by atoms with Gasteiger partial charge in [0.1, 0.15) is 17.9 Å². The number of aryl methyl sites for hydroxylation is 1. The Balaban J connectivity index is 1.34. The van der Waals surface area contributed by atoms with Crippen LogP contribution in [0.3, 0.4) is 0 Å². The first kappa shape index (κ1) is 26.4. The number of hydrogen-bond donors (Lipinski definition) is 1. The Morgan fingerprint density at radius 1 is 0.825 bits per heavy atom. The first-order valence-corrected chi connectivity index (χ1v) is 12.8. The van der Waals surface area contributed by atoms with Gasteiger partial charge < -0.3 is 19.2 Å². The quantitative estimate of drug-likeness (QED) is 0.144. The second kappa shape index (κ2) is 12.1. The monoisotopic (exact) mass is 533 g/mol. The summed E-state index contributed by atoms with van der Waals surface area (Å²) in [5.74, 6) is -0.543. The van der Waals surface area contributed by atoms with E-state index in [4.69, 9.17) is 13.9 Å². The number of esters is 1. The molecule has 1 amide bonds. The molecule has 0 fully saturated rings. The van der Waals surface area contributed by atoms with Gasteiger partial charge in [0.25, 0.3) is 0 Å². The van der Waals surface area contributed by atoms with Gasteiger partial charge in [0.15, 0.2) is 6.04 Å². The van der Waals surface area contributed by atoms with Crippen molar-refractivity contribution in [1.29, 1.82) is 0 Å². The molecule has 7 nitrogen and oxygen atoms in total. The highest BCUT2D eigenvalue weighted by molar-refractivity contribution is 5.86. The molecule has 1 N–H and O–H groups in total. The van der Waals surface area contributed by atoms with Crippen LogP contribution in [0.5, 0.6) is 5.75 Å². The van der Waals surface area contributed by atoms with Crippen LogP contribution in [0.4, 0.5) is 4.79 Å². The van der Waals surface area contributed by atoms with Gasteiger partial charge in [0.05, 0.1) is 0 Å². The molecule has 0 aliphatic carbocycles. The van der Waals surface area contributed by atoms with Gasteiger partial charge in [-0.1, -0.05) is 91.0 Å². The Kier molecular flexibility index (Phi) is 8.02. The summed E-state index contributed by atoms with van der Waals surface area (Å²) >= 11 is 0. The maximum atomic E-state index is 13.3. The van der Waals surface area contributed by atoms with Gasteiger partial charge in [0, 0.05) is 23.4 Å². The zero-order chi connectivity index (χ0) is 27.9.